The number of alkyl halides is 1. The highest BCUT2D eigenvalue weighted by molar-refractivity contribution is 6.17. The molecule has 2 aromatic carbocycles. The number of benzene rings is 2. The Kier molecular flexibility index (Phi) is 5.01. The topological polar surface area (TPSA) is 46.5 Å². The molecule has 2 aromatic rings. The first kappa shape index (κ1) is 14.9. The molecule has 0 aliphatic carbocycles. The molecule has 20 heavy (non-hydrogen) atoms. The van der Waals surface area contributed by atoms with Crippen LogP contribution in [0, 0.1) is 0 Å². The quantitative estimate of drug-likeness (QED) is 0.873. The number of aliphatic hydroxyl groups excluding tert-OH is 1. The van der Waals surface area contributed by atoms with Gasteiger partial charge in [-0.05, 0) is 22.3 Å². The number of hydrogen-bond donors (Lipinski definition) is 1. The number of aliphatic hydroxyl groups is 1. The molecule has 0 bridgehead atoms. The van der Waals surface area contributed by atoms with Gasteiger partial charge in [0.1, 0.15) is 11.9 Å². The van der Waals surface area contributed by atoms with Crippen molar-refractivity contribution in [2.45, 2.75) is 12.0 Å². The average Bonchev–Trinajstić information content (AvgIpc) is 2.53. The third-order valence-corrected chi connectivity index (χ3v) is 3.43. The van der Waals surface area contributed by atoms with Gasteiger partial charge in [-0.1, -0.05) is 48.5 Å². The Morgan fingerprint density at radius 3 is 2.40 bits per heavy atom. The number of carbonyl (C=O) groups excluding carboxylic acids is 1. The summed E-state index contributed by atoms with van der Waals surface area (Å²) in [5.74, 6) is -0.472. The molecule has 104 valence electrons. The van der Waals surface area contributed by atoms with Crippen LogP contribution in [0.3, 0.4) is 0 Å². The molecule has 0 spiro atoms. The van der Waals surface area contributed by atoms with Crippen molar-refractivity contribution in [1.29, 1.82) is 0 Å². The second-order valence-corrected chi connectivity index (χ2v) is 4.64. The van der Waals surface area contributed by atoms with Crippen LogP contribution >= 0.6 is 23.5 Å². The van der Waals surface area contributed by atoms with E-state index in [1.807, 2.05) is 36.4 Å². The van der Waals surface area contributed by atoms with Gasteiger partial charge in [0.15, 0.2) is 6.10 Å². The lowest BCUT2D eigenvalue weighted by atomic mass is 9.96. The van der Waals surface area contributed by atoms with E-state index < -0.39 is 12.1 Å². The first-order chi connectivity index (χ1) is 9.67. The minimum absolute atomic E-state index is 0.434. The van der Waals surface area contributed by atoms with Crippen LogP contribution in [-0.2, 0) is 15.0 Å². The number of carbonyl (C=O) groups is 1. The van der Waals surface area contributed by atoms with Crippen LogP contribution < -0.4 is 0 Å². The second-order valence-electron chi connectivity index (χ2n) is 4.22. The smallest absolute Gasteiger partial charge is 0.357 e. The Hall–Kier alpha value is -1.55. The predicted octanol–water partition coefficient (Wildman–Crippen LogP) is 3.82. The monoisotopic (exact) mass is 310 g/mol. The zero-order chi connectivity index (χ0) is 14.5. The lowest BCUT2D eigenvalue weighted by Crippen LogP contribution is -2.12. The summed E-state index contributed by atoms with van der Waals surface area (Å²) in [4.78, 5) is 11.4. The number of rotatable bonds is 4. The Morgan fingerprint density at radius 2 is 1.80 bits per heavy atom. The van der Waals surface area contributed by atoms with Crippen molar-refractivity contribution in [2.75, 3.05) is 0 Å². The lowest BCUT2D eigenvalue weighted by molar-refractivity contribution is -0.143. The van der Waals surface area contributed by atoms with Crippen LogP contribution in [0.5, 0.6) is 0 Å². The Morgan fingerprint density at radius 1 is 1.15 bits per heavy atom. The van der Waals surface area contributed by atoms with Crippen molar-refractivity contribution in [1.82, 2.24) is 0 Å². The van der Waals surface area contributed by atoms with Crippen molar-refractivity contribution in [3.05, 3.63) is 59.7 Å². The summed E-state index contributed by atoms with van der Waals surface area (Å²) < 4.78 is 4.06. The van der Waals surface area contributed by atoms with E-state index in [4.69, 9.17) is 23.5 Å². The van der Waals surface area contributed by atoms with Crippen LogP contribution in [0.1, 0.15) is 17.2 Å². The molecule has 3 nitrogen and oxygen atoms in total. The van der Waals surface area contributed by atoms with Gasteiger partial charge in [-0.25, -0.2) is 4.79 Å². The van der Waals surface area contributed by atoms with Gasteiger partial charge in [0.25, 0.3) is 0 Å². The van der Waals surface area contributed by atoms with E-state index in [9.17, 15) is 9.90 Å². The normalized spacial score (nSPS) is 11.9. The first-order valence-corrected chi connectivity index (χ1v) is 6.76. The second kappa shape index (κ2) is 6.75. The third kappa shape index (κ3) is 3.12. The summed E-state index contributed by atoms with van der Waals surface area (Å²) in [5.41, 5.74) is 3.05. The molecule has 1 N–H and O–H groups in total. The van der Waals surface area contributed by atoms with Crippen molar-refractivity contribution in [2.24, 2.45) is 0 Å². The molecule has 1 atom stereocenters. The Balaban J connectivity index is 2.43. The Labute approximate surface area is 126 Å². The van der Waals surface area contributed by atoms with Crippen molar-refractivity contribution >= 4 is 29.4 Å². The third-order valence-electron chi connectivity index (χ3n) is 2.97. The fourth-order valence-electron chi connectivity index (χ4n) is 1.94. The molecule has 0 aliphatic rings. The fourth-order valence-corrected chi connectivity index (χ4v) is 2.20. The predicted molar refractivity (Wildman–Crippen MR) is 78.3 cm³/mol. The molecule has 0 aliphatic heterocycles. The van der Waals surface area contributed by atoms with Crippen molar-refractivity contribution in [3.8, 4) is 11.1 Å². The molecule has 0 saturated carbocycles. The molecule has 5 heteroatoms. The molecule has 0 radical (unpaired) electrons. The molecule has 2 rings (SSSR count). The molecule has 0 unspecified atom stereocenters. The lowest BCUT2D eigenvalue weighted by Gasteiger charge is -2.13. The largest absolute Gasteiger partial charge is 0.377 e. The summed E-state index contributed by atoms with van der Waals surface area (Å²) in [6.45, 7) is 0. The highest BCUT2D eigenvalue weighted by Gasteiger charge is 2.22. The molecular weight excluding hydrogens is 299 g/mol. The highest BCUT2D eigenvalue weighted by atomic mass is 35.5. The molecule has 0 amide bonds. The van der Waals surface area contributed by atoms with E-state index in [1.54, 1.807) is 12.1 Å². The number of hydrogen-bond acceptors (Lipinski definition) is 3. The van der Waals surface area contributed by atoms with Gasteiger partial charge >= 0.3 is 5.97 Å². The maximum absolute atomic E-state index is 11.4. The van der Waals surface area contributed by atoms with Crippen LogP contribution in [-0.4, -0.2) is 11.1 Å². The van der Waals surface area contributed by atoms with Crippen LogP contribution in [0.4, 0.5) is 0 Å². The SMILES string of the molecule is O=C(OCl)[C@H](O)c1ccccc1-c1ccc(CCl)cc1. The minimum atomic E-state index is -1.42. The van der Waals surface area contributed by atoms with Gasteiger partial charge in [-0.3, -0.25) is 0 Å². The maximum atomic E-state index is 11.4. The minimum Gasteiger partial charge on any atom is -0.377 e. The molecule has 0 aromatic heterocycles. The zero-order valence-electron chi connectivity index (χ0n) is 10.4. The highest BCUT2D eigenvalue weighted by Crippen LogP contribution is 2.29. The van der Waals surface area contributed by atoms with Gasteiger partial charge in [0.2, 0.25) is 0 Å². The summed E-state index contributed by atoms with van der Waals surface area (Å²) in [5, 5.41) is 9.95. The fraction of sp³-hybridized carbons (Fsp3) is 0.133. The summed E-state index contributed by atoms with van der Waals surface area (Å²) in [6.07, 6.45) is -1.42. The standard InChI is InChI=1S/C15H12Cl2O3/c16-9-10-5-7-11(8-6-10)12-3-1-2-4-13(12)14(18)15(19)20-17/h1-8,14,18H,9H2/t14-/m1/s1. The zero-order valence-corrected chi connectivity index (χ0v) is 11.9. The van der Waals surface area contributed by atoms with Gasteiger partial charge in [-0.2, -0.15) is 0 Å². The van der Waals surface area contributed by atoms with Crippen LogP contribution in [0.25, 0.3) is 11.1 Å². The maximum Gasteiger partial charge on any atom is 0.357 e. The number of halogens is 2. The molecule has 0 fully saturated rings. The summed E-state index contributed by atoms with van der Waals surface area (Å²) in [6, 6.07) is 14.6. The average molecular weight is 311 g/mol. The Bertz CT molecular complexity index is 596. The van der Waals surface area contributed by atoms with Crippen molar-refractivity contribution in [3.63, 3.8) is 0 Å². The van der Waals surface area contributed by atoms with E-state index >= 15 is 0 Å². The van der Waals surface area contributed by atoms with Crippen LogP contribution in [0.15, 0.2) is 48.5 Å². The van der Waals surface area contributed by atoms with Gasteiger partial charge in [-0.15, -0.1) is 11.6 Å². The van der Waals surface area contributed by atoms with Gasteiger partial charge < -0.3 is 9.40 Å². The van der Waals surface area contributed by atoms with E-state index in [2.05, 4.69) is 4.29 Å². The van der Waals surface area contributed by atoms with E-state index in [-0.39, 0.29) is 0 Å². The van der Waals surface area contributed by atoms with E-state index in [1.165, 1.54) is 0 Å². The van der Waals surface area contributed by atoms with Gasteiger partial charge in [0, 0.05) is 5.88 Å². The van der Waals surface area contributed by atoms with E-state index in [0.29, 0.717) is 11.4 Å². The first-order valence-electron chi connectivity index (χ1n) is 5.92. The summed E-state index contributed by atoms with van der Waals surface area (Å²) >= 11 is 10.8. The van der Waals surface area contributed by atoms with Crippen LogP contribution in [0.2, 0.25) is 0 Å². The van der Waals surface area contributed by atoms with Gasteiger partial charge in [0.05, 0.1) is 0 Å². The summed E-state index contributed by atoms with van der Waals surface area (Å²) in [7, 11) is 0. The molecular formula is C15H12Cl2O3. The van der Waals surface area contributed by atoms with Crippen molar-refractivity contribution < 1.29 is 14.2 Å². The molecule has 0 saturated heterocycles. The van der Waals surface area contributed by atoms with E-state index in [0.717, 1.165) is 16.7 Å². The molecule has 0 heterocycles.